The Morgan fingerprint density at radius 2 is 2.31 bits per heavy atom. The molecule has 2 rings (SSSR count). The van der Waals surface area contributed by atoms with Gasteiger partial charge in [0.15, 0.2) is 0 Å². The lowest BCUT2D eigenvalue weighted by molar-refractivity contribution is 0.652. The molecule has 0 spiro atoms. The highest BCUT2D eigenvalue weighted by molar-refractivity contribution is 6.29. The number of halogens is 1. The van der Waals surface area contributed by atoms with E-state index in [1.807, 2.05) is 12.3 Å². The summed E-state index contributed by atoms with van der Waals surface area (Å²) >= 11 is 5.72. The van der Waals surface area contributed by atoms with Crippen molar-refractivity contribution in [1.82, 2.24) is 4.98 Å². The molecule has 1 heterocycles. The van der Waals surface area contributed by atoms with E-state index in [1.54, 1.807) is 0 Å². The Labute approximate surface area is 83.4 Å². The molecule has 1 aliphatic rings. The minimum atomic E-state index is 0.554. The number of rotatable bonds is 1. The van der Waals surface area contributed by atoms with Crippen LogP contribution in [0.4, 0.5) is 0 Å². The summed E-state index contributed by atoms with van der Waals surface area (Å²) in [6.07, 6.45) is 10.1. The first-order valence-corrected chi connectivity index (χ1v) is 5.02. The van der Waals surface area contributed by atoms with E-state index < -0.39 is 0 Å². The molecule has 0 radical (unpaired) electrons. The molecule has 0 fully saturated rings. The third kappa shape index (κ3) is 2.10. The lowest BCUT2D eigenvalue weighted by Crippen LogP contribution is -1.99. The molecule has 2 heteroatoms. The number of hydrogen-bond acceptors (Lipinski definition) is 1. The van der Waals surface area contributed by atoms with Gasteiger partial charge in [0.25, 0.3) is 0 Å². The molecule has 0 bridgehead atoms. The van der Waals surface area contributed by atoms with E-state index >= 15 is 0 Å². The van der Waals surface area contributed by atoms with Gasteiger partial charge in [-0.05, 0) is 30.9 Å². The molecule has 0 saturated heterocycles. The molecule has 1 nitrogen and oxygen atoms in total. The van der Waals surface area contributed by atoms with Gasteiger partial charge in [0.05, 0.1) is 0 Å². The summed E-state index contributed by atoms with van der Waals surface area (Å²) in [5.41, 5.74) is 1.28. The Morgan fingerprint density at radius 1 is 1.38 bits per heavy atom. The molecule has 1 aromatic heterocycles. The van der Waals surface area contributed by atoms with Crippen LogP contribution in [0.5, 0.6) is 0 Å². The molecule has 1 aliphatic carbocycles. The first kappa shape index (κ1) is 8.76. The smallest absolute Gasteiger partial charge is 0.129 e. The van der Waals surface area contributed by atoms with Gasteiger partial charge in [0.1, 0.15) is 5.15 Å². The second-order valence-electron chi connectivity index (χ2n) is 3.38. The molecule has 68 valence electrons. The summed E-state index contributed by atoms with van der Waals surface area (Å²) in [4.78, 5) is 4.09. The predicted molar refractivity (Wildman–Crippen MR) is 55.0 cm³/mol. The van der Waals surface area contributed by atoms with E-state index in [9.17, 15) is 0 Å². The zero-order valence-corrected chi connectivity index (χ0v) is 8.17. The third-order valence-corrected chi connectivity index (χ3v) is 2.66. The number of aromatic nitrogens is 1. The van der Waals surface area contributed by atoms with Crippen LogP contribution >= 0.6 is 11.6 Å². The molecular weight excluding hydrogens is 182 g/mol. The van der Waals surface area contributed by atoms with Gasteiger partial charge in [-0.25, -0.2) is 4.98 Å². The van der Waals surface area contributed by atoms with Gasteiger partial charge >= 0.3 is 0 Å². The molecule has 0 amide bonds. The molecule has 0 aliphatic heterocycles. The highest BCUT2D eigenvalue weighted by Crippen LogP contribution is 2.27. The normalized spacial score (nSPS) is 21.8. The standard InChI is InChI=1S/C11H12ClN/c12-11-7-6-10(8-13-11)9-4-2-1-3-5-9/h2,4,6-9H,1,3,5H2/t9-/m1/s1. The fourth-order valence-corrected chi connectivity index (χ4v) is 1.81. The molecule has 0 saturated carbocycles. The zero-order valence-electron chi connectivity index (χ0n) is 7.41. The Balaban J connectivity index is 2.19. The van der Waals surface area contributed by atoms with Gasteiger partial charge in [-0.15, -0.1) is 0 Å². The average molecular weight is 194 g/mol. The van der Waals surface area contributed by atoms with E-state index in [1.165, 1.54) is 24.8 Å². The molecule has 0 unspecified atom stereocenters. The fourth-order valence-electron chi connectivity index (χ4n) is 1.70. The van der Waals surface area contributed by atoms with Crippen molar-refractivity contribution in [2.24, 2.45) is 0 Å². The summed E-state index contributed by atoms with van der Waals surface area (Å²) < 4.78 is 0. The van der Waals surface area contributed by atoms with Crippen LogP contribution in [0.25, 0.3) is 0 Å². The van der Waals surface area contributed by atoms with Crippen molar-refractivity contribution in [2.75, 3.05) is 0 Å². The Hall–Kier alpha value is -0.820. The Bertz CT molecular complexity index is 302. The molecule has 1 aromatic rings. The fraction of sp³-hybridized carbons (Fsp3) is 0.364. The second kappa shape index (κ2) is 3.93. The SMILES string of the molecule is Clc1ccc([C@@H]2C=CCCC2)cn1. The molecule has 0 N–H and O–H groups in total. The van der Waals surface area contributed by atoms with E-state index in [0.29, 0.717) is 11.1 Å². The van der Waals surface area contributed by atoms with Crippen LogP contribution in [0.1, 0.15) is 30.7 Å². The lowest BCUT2D eigenvalue weighted by atomic mass is 9.90. The van der Waals surface area contributed by atoms with Crippen LogP contribution in [-0.4, -0.2) is 4.98 Å². The van der Waals surface area contributed by atoms with E-state index in [-0.39, 0.29) is 0 Å². The maximum atomic E-state index is 5.72. The molecule has 13 heavy (non-hydrogen) atoms. The van der Waals surface area contributed by atoms with Crippen molar-refractivity contribution in [2.45, 2.75) is 25.2 Å². The quantitative estimate of drug-likeness (QED) is 0.491. The van der Waals surface area contributed by atoms with E-state index in [4.69, 9.17) is 11.6 Å². The van der Waals surface area contributed by atoms with Crippen LogP contribution in [-0.2, 0) is 0 Å². The molecule has 0 aromatic carbocycles. The number of pyridine rings is 1. The summed E-state index contributed by atoms with van der Waals surface area (Å²) in [6.45, 7) is 0. The number of nitrogens with zero attached hydrogens (tertiary/aromatic N) is 1. The van der Waals surface area contributed by atoms with Crippen molar-refractivity contribution in [3.8, 4) is 0 Å². The highest BCUT2D eigenvalue weighted by Gasteiger charge is 2.10. The van der Waals surface area contributed by atoms with Gasteiger partial charge in [-0.1, -0.05) is 29.8 Å². The third-order valence-electron chi connectivity index (χ3n) is 2.43. The second-order valence-corrected chi connectivity index (χ2v) is 3.77. The maximum absolute atomic E-state index is 5.72. The summed E-state index contributed by atoms with van der Waals surface area (Å²) in [6, 6.07) is 3.93. The number of allylic oxidation sites excluding steroid dienone is 2. The Morgan fingerprint density at radius 3 is 2.92 bits per heavy atom. The first-order valence-electron chi connectivity index (χ1n) is 4.64. The highest BCUT2D eigenvalue weighted by atomic mass is 35.5. The van der Waals surface area contributed by atoms with Gasteiger partial charge in [-0.3, -0.25) is 0 Å². The van der Waals surface area contributed by atoms with Crippen LogP contribution in [0.3, 0.4) is 0 Å². The zero-order chi connectivity index (χ0) is 9.10. The minimum absolute atomic E-state index is 0.554. The van der Waals surface area contributed by atoms with Crippen molar-refractivity contribution < 1.29 is 0 Å². The van der Waals surface area contributed by atoms with Crippen molar-refractivity contribution in [3.63, 3.8) is 0 Å². The van der Waals surface area contributed by atoms with Crippen molar-refractivity contribution in [1.29, 1.82) is 0 Å². The van der Waals surface area contributed by atoms with Gasteiger partial charge in [0, 0.05) is 12.1 Å². The topological polar surface area (TPSA) is 12.9 Å². The summed E-state index contributed by atoms with van der Waals surface area (Å²) in [5.74, 6) is 0.554. The van der Waals surface area contributed by atoms with E-state index in [2.05, 4.69) is 23.2 Å². The monoisotopic (exact) mass is 193 g/mol. The first-order chi connectivity index (χ1) is 6.36. The summed E-state index contributed by atoms with van der Waals surface area (Å²) in [5, 5.41) is 0.573. The maximum Gasteiger partial charge on any atom is 0.129 e. The average Bonchev–Trinajstić information content (AvgIpc) is 2.20. The minimum Gasteiger partial charge on any atom is -0.244 e. The van der Waals surface area contributed by atoms with Gasteiger partial charge < -0.3 is 0 Å². The van der Waals surface area contributed by atoms with Gasteiger partial charge in [-0.2, -0.15) is 0 Å². The van der Waals surface area contributed by atoms with Crippen LogP contribution in [0.2, 0.25) is 5.15 Å². The molecular formula is C11H12ClN. The largest absolute Gasteiger partial charge is 0.244 e. The molecule has 1 atom stereocenters. The van der Waals surface area contributed by atoms with Gasteiger partial charge in [0.2, 0.25) is 0 Å². The summed E-state index contributed by atoms with van der Waals surface area (Å²) in [7, 11) is 0. The number of hydrogen-bond donors (Lipinski definition) is 0. The lowest BCUT2D eigenvalue weighted by Gasteiger charge is -2.15. The van der Waals surface area contributed by atoms with Crippen molar-refractivity contribution in [3.05, 3.63) is 41.2 Å². The predicted octanol–water partition coefficient (Wildman–Crippen LogP) is 3.56. The van der Waals surface area contributed by atoms with Crippen LogP contribution in [0.15, 0.2) is 30.5 Å². The van der Waals surface area contributed by atoms with E-state index in [0.717, 1.165) is 0 Å². The van der Waals surface area contributed by atoms with Crippen LogP contribution < -0.4 is 0 Å². The van der Waals surface area contributed by atoms with Crippen LogP contribution in [0, 0.1) is 0 Å². The Kier molecular flexibility index (Phi) is 2.65. The van der Waals surface area contributed by atoms with Crippen molar-refractivity contribution >= 4 is 11.6 Å².